The monoisotopic (exact) mass is 413 g/mol. The molecule has 1 saturated carbocycles. The summed E-state index contributed by atoms with van der Waals surface area (Å²) in [5.74, 6) is -2.27. The van der Waals surface area contributed by atoms with Crippen LogP contribution in [0.15, 0.2) is 48.5 Å². The Hall–Kier alpha value is -2.31. The molecule has 2 aromatic rings. The van der Waals surface area contributed by atoms with Gasteiger partial charge in [-0.1, -0.05) is 36.4 Å². The molecule has 5 atom stereocenters. The van der Waals surface area contributed by atoms with E-state index < -0.39 is 17.6 Å². The molecular formula is C24H25F2NO3. The van der Waals surface area contributed by atoms with E-state index in [0.717, 1.165) is 31.2 Å². The van der Waals surface area contributed by atoms with Crippen LogP contribution in [0.3, 0.4) is 0 Å². The first-order valence-electron chi connectivity index (χ1n) is 10.6. The van der Waals surface area contributed by atoms with Crippen LogP contribution >= 0.6 is 0 Å². The Morgan fingerprint density at radius 3 is 2.60 bits per heavy atom. The van der Waals surface area contributed by atoms with Crippen molar-refractivity contribution in [2.24, 2.45) is 5.92 Å². The molecule has 158 valence electrons. The number of nitrogens with zero attached hydrogens (tertiary/aromatic N) is 1. The summed E-state index contributed by atoms with van der Waals surface area (Å²) >= 11 is 0. The van der Waals surface area contributed by atoms with Crippen LogP contribution in [0.4, 0.5) is 8.78 Å². The van der Waals surface area contributed by atoms with E-state index in [-0.39, 0.29) is 30.6 Å². The Morgan fingerprint density at radius 1 is 1.07 bits per heavy atom. The number of ether oxygens (including phenoxy) is 2. The van der Waals surface area contributed by atoms with Gasteiger partial charge in [-0.3, -0.25) is 9.69 Å². The third kappa shape index (κ3) is 3.74. The number of halogens is 2. The van der Waals surface area contributed by atoms with Crippen molar-refractivity contribution >= 4 is 5.97 Å². The van der Waals surface area contributed by atoms with E-state index in [4.69, 9.17) is 9.47 Å². The molecule has 0 amide bonds. The standard InChI is InChI=1S/C24H25F2NO3/c25-16-6-7-20(23(26)8-16)21-10-17(27-12-19-9-18(27)14-29-19)11-22(21)24(28)30-13-15-4-2-1-3-5-15/h1-8,17-19,21-22H,9-14H2/t17-,18-,19-,21+,22-/m1/s1. The first-order valence-corrected chi connectivity index (χ1v) is 10.6. The third-order valence-corrected chi connectivity index (χ3v) is 6.84. The summed E-state index contributed by atoms with van der Waals surface area (Å²) in [5, 5.41) is 0. The van der Waals surface area contributed by atoms with Crippen molar-refractivity contribution in [3.63, 3.8) is 0 Å². The van der Waals surface area contributed by atoms with E-state index in [1.165, 1.54) is 12.1 Å². The number of rotatable bonds is 5. The molecule has 0 aromatic heterocycles. The summed E-state index contributed by atoms with van der Waals surface area (Å²) in [5.41, 5.74) is 1.32. The molecule has 0 radical (unpaired) electrons. The fraction of sp³-hybridized carbons (Fsp3) is 0.458. The minimum absolute atomic E-state index is 0.174. The maximum atomic E-state index is 14.6. The van der Waals surface area contributed by atoms with E-state index in [2.05, 4.69) is 4.90 Å². The number of esters is 1. The minimum Gasteiger partial charge on any atom is -0.461 e. The molecule has 3 fully saturated rings. The van der Waals surface area contributed by atoms with Crippen LogP contribution < -0.4 is 0 Å². The minimum atomic E-state index is -0.608. The number of carbonyl (C=O) groups is 1. The van der Waals surface area contributed by atoms with Crippen LogP contribution in [0, 0.1) is 17.6 Å². The Morgan fingerprint density at radius 2 is 1.90 bits per heavy atom. The van der Waals surface area contributed by atoms with E-state index >= 15 is 0 Å². The van der Waals surface area contributed by atoms with Crippen molar-refractivity contribution in [2.45, 2.75) is 50.0 Å². The molecule has 0 unspecified atom stereocenters. The number of benzene rings is 2. The number of hydrogen-bond donors (Lipinski definition) is 0. The van der Waals surface area contributed by atoms with E-state index in [1.54, 1.807) is 0 Å². The molecule has 4 nitrogen and oxygen atoms in total. The molecule has 5 rings (SSSR count). The quantitative estimate of drug-likeness (QED) is 0.694. The maximum Gasteiger partial charge on any atom is 0.309 e. The number of morpholine rings is 1. The van der Waals surface area contributed by atoms with Gasteiger partial charge in [-0.15, -0.1) is 0 Å². The van der Waals surface area contributed by atoms with Gasteiger partial charge >= 0.3 is 5.97 Å². The average molecular weight is 413 g/mol. The Kier molecular flexibility index (Phi) is 5.29. The van der Waals surface area contributed by atoms with Crippen LogP contribution in [0.1, 0.15) is 36.3 Å². The SMILES string of the molecule is O=C(OCc1ccccc1)[C@@H]1C[C@H](N2C[C@H]3C[C@@H]2CO3)C[C@H]1c1ccc(F)cc1F. The van der Waals surface area contributed by atoms with Crippen LogP contribution in [-0.4, -0.2) is 42.2 Å². The highest BCUT2D eigenvalue weighted by Crippen LogP contribution is 2.46. The Bertz CT molecular complexity index is 922. The lowest BCUT2D eigenvalue weighted by Gasteiger charge is -2.32. The second-order valence-corrected chi connectivity index (χ2v) is 8.64. The average Bonchev–Trinajstić information content (AvgIpc) is 3.48. The lowest BCUT2D eigenvalue weighted by Crippen LogP contribution is -2.43. The van der Waals surface area contributed by atoms with Crippen molar-refractivity contribution in [1.82, 2.24) is 4.90 Å². The van der Waals surface area contributed by atoms with Crippen molar-refractivity contribution in [3.05, 3.63) is 71.3 Å². The maximum absolute atomic E-state index is 14.6. The highest BCUT2D eigenvalue weighted by molar-refractivity contribution is 5.74. The predicted octanol–water partition coefficient (Wildman–Crippen LogP) is 4.04. The molecule has 3 aliphatic rings. The number of likely N-dealkylation sites (tertiary alicyclic amines) is 1. The number of hydrogen-bond acceptors (Lipinski definition) is 4. The zero-order valence-corrected chi connectivity index (χ0v) is 16.7. The molecule has 2 aliphatic heterocycles. The Balaban J connectivity index is 1.36. The van der Waals surface area contributed by atoms with Crippen LogP contribution in [0.5, 0.6) is 0 Å². The molecular weight excluding hydrogens is 388 g/mol. The fourth-order valence-corrected chi connectivity index (χ4v) is 5.40. The molecule has 2 heterocycles. The van der Waals surface area contributed by atoms with Gasteiger partial charge in [-0.2, -0.15) is 0 Å². The number of fused-ring (bicyclic) bond motifs is 2. The zero-order chi connectivity index (χ0) is 20.7. The van der Waals surface area contributed by atoms with E-state index in [9.17, 15) is 13.6 Å². The molecule has 1 aliphatic carbocycles. The van der Waals surface area contributed by atoms with Crippen molar-refractivity contribution in [1.29, 1.82) is 0 Å². The van der Waals surface area contributed by atoms with Crippen LogP contribution in [-0.2, 0) is 20.9 Å². The summed E-state index contributed by atoms with van der Waals surface area (Å²) in [7, 11) is 0. The summed E-state index contributed by atoms with van der Waals surface area (Å²) < 4.78 is 39.4. The zero-order valence-electron chi connectivity index (χ0n) is 16.7. The molecule has 2 bridgehead atoms. The van der Waals surface area contributed by atoms with Gasteiger partial charge in [0.2, 0.25) is 0 Å². The Labute approximate surface area is 174 Å². The molecule has 0 spiro atoms. The van der Waals surface area contributed by atoms with Crippen molar-refractivity contribution < 1.29 is 23.0 Å². The van der Waals surface area contributed by atoms with E-state index in [0.29, 0.717) is 24.4 Å². The number of carbonyl (C=O) groups excluding carboxylic acids is 1. The van der Waals surface area contributed by atoms with Gasteiger partial charge in [0.1, 0.15) is 18.2 Å². The van der Waals surface area contributed by atoms with Gasteiger partial charge in [-0.25, -0.2) is 8.78 Å². The van der Waals surface area contributed by atoms with Crippen molar-refractivity contribution in [3.8, 4) is 0 Å². The molecule has 2 aromatic carbocycles. The van der Waals surface area contributed by atoms with Crippen LogP contribution in [0.2, 0.25) is 0 Å². The first kappa shape index (κ1) is 19.6. The molecule has 0 N–H and O–H groups in total. The summed E-state index contributed by atoms with van der Waals surface area (Å²) in [4.78, 5) is 15.5. The van der Waals surface area contributed by atoms with Gasteiger partial charge in [0.25, 0.3) is 0 Å². The largest absolute Gasteiger partial charge is 0.461 e. The van der Waals surface area contributed by atoms with Crippen molar-refractivity contribution in [2.75, 3.05) is 13.2 Å². The topological polar surface area (TPSA) is 38.8 Å². The lowest BCUT2D eigenvalue weighted by atomic mass is 9.88. The van der Waals surface area contributed by atoms with Gasteiger partial charge in [0, 0.05) is 30.6 Å². The lowest BCUT2D eigenvalue weighted by molar-refractivity contribution is -0.150. The second kappa shape index (κ2) is 8.08. The summed E-state index contributed by atoms with van der Waals surface area (Å²) in [6.07, 6.45) is 2.57. The normalized spacial score (nSPS) is 30.7. The summed E-state index contributed by atoms with van der Waals surface area (Å²) in [6, 6.07) is 13.7. The van der Waals surface area contributed by atoms with Crippen LogP contribution in [0.25, 0.3) is 0 Å². The van der Waals surface area contributed by atoms with E-state index in [1.807, 2.05) is 30.3 Å². The predicted molar refractivity (Wildman–Crippen MR) is 107 cm³/mol. The van der Waals surface area contributed by atoms with Gasteiger partial charge in [-0.05, 0) is 36.5 Å². The van der Waals surface area contributed by atoms with Gasteiger partial charge < -0.3 is 9.47 Å². The fourth-order valence-electron chi connectivity index (χ4n) is 5.40. The molecule has 6 heteroatoms. The highest BCUT2D eigenvalue weighted by atomic mass is 19.1. The third-order valence-electron chi connectivity index (χ3n) is 6.84. The molecule has 30 heavy (non-hydrogen) atoms. The van der Waals surface area contributed by atoms with Gasteiger partial charge in [0.05, 0.1) is 18.6 Å². The molecule has 2 saturated heterocycles. The second-order valence-electron chi connectivity index (χ2n) is 8.64. The smallest absolute Gasteiger partial charge is 0.309 e. The highest BCUT2D eigenvalue weighted by Gasteiger charge is 2.49. The first-order chi connectivity index (χ1) is 14.6. The summed E-state index contributed by atoms with van der Waals surface area (Å²) in [6.45, 7) is 1.78. The van der Waals surface area contributed by atoms with Gasteiger partial charge in [0.15, 0.2) is 0 Å².